The van der Waals surface area contributed by atoms with Gasteiger partial charge < -0.3 is 10.3 Å². The molecule has 18 heavy (non-hydrogen) atoms. The first-order valence-electron chi connectivity index (χ1n) is 6.75. The van der Waals surface area contributed by atoms with E-state index in [0.29, 0.717) is 6.54 Å². The average Bonchev–Trinajstić information content (AvgIpc) is 2.78. The third-order valence-electron chi connectivity index (χ3n) is 4.30. The molecule has 0 aliphatic heterocycles. The predicted octanol–water partition coefficient (Wildman–Crippen LogP) is 2.13. The molecule has 0 saturated heterocycles. The standard InChI is InChI=1S/C14H20N4/c1-18-12-11(6-5-9-16-12)17-13(18)14(10-15)7-3-2-4-8-14/h5-6,9H,2-4,7-8,10,15H2,1H3. The van der Waals surface area contributed by atoms with Crippen LogP contribution in [0, 0.1) is 0 Å². The summed E-state index contributed by atoms with van der Waals surface area (Å²) >= 11 is 0. The highest BCUT2D eigenvalue weighted by Crippen LogP contribution is 2.38. The lowest BCUT2D eigenvalue weighted by Crippen LogP contribution is -2.39. The van der Waals surface area contributed by atoms with Gasteiger partial charge in [-0.25, -0.2) is 9.97 Å². The van der Waals surface area contributed by atoms with Crippen molar-refractivity contribution in [2.24, 2.45) is 12.8 Å². The van der Waals surface area contributed by atoms with Crippen LogP contribution in [0.25, 0.3) is 11.2 Å². The molecule has 2 N–H and O–H groups in total. The number of imidazole rings is 1. The van der Waals surface area contributed by atoms with E-state index in [0.717, 1.165) is 29.8 Å². The second-order valence-corrected chi connectivity index (χ2v) is 5.39. The highest BCUT2D eigenvalue weighted by atomic mass is 15.1. The van der Waals surface area contributed by atoms with Gasteiger partial charge in [-0.2, -0.15) is 0 Å². The average molecular weight is 244 g/mol. The first-order chi connectivity index (χ1) is 8.77. The zero-order valence-electron chi connectivity index (χ0n) is 10.9. The molecular formula is C14H20N4. The predicted molar refractivity (Wildman–Crippen MR) is 72.3 cm³/mol. The molecule has 96 valence electrons. The Labute approximate surface area is 107 Å². The Morgan fingerprint density at radius 2 is 2.11 bits per heavy atom. The monoisotopic (exact) mass is 244 g/mol. The maximum absolute atomic E-state index is 6.09. The van der Waals surface area contributed by atoms with Gasteiger partial charge >= 0.3 is 0 Å². The largest absolute Gasteiger partial charge is 0.329 e. The fourth-order valence-corrected chi connectivity index (χ4v) is 3.25. The van der Waals surface area contributed by atoms with Crippen LogP contribution in [0.2, 0.25) is 0 Å². The molecule has 4 nitrogen and oxygen atoms in total. The highest BCUT2D eigenvalue weighted by molar-refractivity contribution is 5.71. The molecule has 0 aromatic carbocycles. The zero-order chi connectivity index (χ0) is 12.6. The molecule has 1 saturated carbocycles. The lowest BCUT2D eigenvalue weighted by atomic mass is 9.73. The first-order valence-corrected chi connectivity index (χ1v) is 6.75. The van der Waals surface area contributed by atoms with Gasteiger partial charge in [0.15, 0.2) is 5.65 Å². The Balaban J connectivity index is 2.14. The van der Waals surface area contributed by atoms with E-state index in [2.05, 4.69) is 16.6 Å². The molecule has 3 rings (SSSR count). The third-order valence-corrected chi connectivity index (χ3v) is 4.30. The zero-order valence-corrected chi connectivity index (χ0v) is 10.9. The summed E-state index contributed by atoms with van der Waals surface area (Å²) in [5.41, 5.74) is 8.09. The van der Waals surface area contributed by atoms with Crippen LogP contribution in [-0.4, -0.2) is 21.1 Å². The van der Waals surface area contributed by atoms with Crippen molar-refractivity contribution in [3.63, 3.8) is 0 Å². The fourth-order valence-electron chi connectivity index (χ4n) is 3.25. The summed E-state index contributed by atoms with van der Waals surface area (Å²) < 4.78 is 2.13. The Kier molecular flexibility index (Phi) is 2.82. The van der Waals surface area contributed by atoms with E-state index in [1.54, 1.807) is 0 Å². The number of nitrogens with two attached hydrogens (primary N) is 1. The van der Waals surface area contributed by atoms with Gasteiger partial charge in [-0.15, -0.1) is 0 Å². The maximum atomic E-state index is 6.09. The van der Waals surface area contributed by atoms with Crippen LogP contribution < -0.4 is 5.73 Å². The molecule has 2 aromatic heterocycles. The molecule has 2 heterocycles. The highest BCUT2D eigenvalue weighted by Gasteiger charge is 2.36. The quantitative estimate of drug-likeness (QED) is 0.880. The Hall–Kier alpha value is -1.42. The number of aromatic nitrogens is 3. The van der Waals surface area contributed by atoms with Gasteiger partial charge in [0.25, 0.3) is 0 Å². The number of fused-ring (bicyclic) bond motifs is 1. The second-order valence-electron chi connectivity index (χ2n) is 5.39. The molecule has 0 spiro atoms. The summed E-state index contributed by atoms with van der Waals surface area (Å²) in [4.78, 5) is 9.22. The molecule has 2 aromatic rings. The molecule has 1 aliphatic carbocycles. The lowest BCUT2D eigenvalue weighted by molar-refractivity contribution is 0.281. The van der Waals surface area contributed by atoms with E-state index >= 15 is 0 Å². The fraction of sp³-hybridized carbons (Fsp3) is 0.571. The van der Waals surface area contributed by atoms with E-state index in [1.165, 1.54) is 19.3 Å². The number of nitrogens with zero attached hydrogens (tertiary/aromatic N) is 3. The Morgan fingerprint density at radius 3 is 2.78 bits per heavy atom. The van der Waals surface area contributed by atoms with Crippen molar-refractivity contribution < 1.29 is 0 Å². The van der Waals surface area contributed by atoms with Gasteiger partial charge in [-0.1, -0.05) is 19.3 Å². The van der Waals surface area contributed by atoms with Crippen LogP contribution in [0.5, 0.6) is 0 Å². The van der Waals surface area contributed by atoms with Crippen LogP contribution in [0.4, 0.5) is 0 Å². The normalized spacial score (nSPS) is 19.2. The van der Waals surface area contributed by atoms with Crippen molar-refractivity contribution in [2.45, 2.75) is 37.5 Å². The molecule has 0 amide bonds. The summed E-state index contributed by atoms with van der Waals surface area (Å²) in [6, 6.07) is 3.97. The Bertz CT molecular complexity index is 552. The van der Waals surface area contributed by atoms with E-state index in [1.807, 2.05) is 18.3 Å². The summed E-state index contributed by atoms with van der Waals surface area (Å²) in [5.74, 6) is 1.12. The number of aryl methyl sites for hydroxylation is 1. The van der Waals surface area contributed by atoms with Crippen molar-refractivity contribution >= 4 is 11.2 Å². The molecule has 4 heteroatoms. The number of hydrogen-bond acceptors (Lipinski definition) is 3. The summed E-state index contributed by atoms with van der Waals surface area (Å²) in [5, 5.41) is 0. The number of rotatable bonds is 2. The third kappa shape index (κ3) is 1.63. The topological polar surface area (TPSA) is 56.7 Å². The maximum Gasteiger partial charge on any atom is 0.159 e. The molecule has 1 fully saturated rings. The summed E-state index contributed by atoms with van der Waals surface area (Å²) in [6.45, 7) is 0.685. The summed E-state index contributed by atoms with van der Waals surface area (Å²) in [6.07, 6.45) is 7.97. The molecule has 0 bridgehead atoms. The van der Waals surface area contributed by atoms with E-state index in [-0.39, 0.29) is 5.41 Å². The van der Waals surface area contributed by atoms with Gasteiger partial charge in [0.05, 0.1) is 0 Å². The lowest BCUT2D eigenvalue weighted by Gasteiger charge is -2.35. The smallest absolute Gasteiger partial charge is 0.159 e. The minimum absolute atomic E-state index is 0.0632. The van der Waals surface area contributed by atoms with E-state index in [4.69, 9.17) is 10.7 Å². The van der Waals surface area contributed by atoms with Crippen LogP contribution in [0.15, 0.2) is 18.3 Å². The minimum atomic E-state index is 0.0632. The van der Waals surface area contributed by atoms with Crippen LogP contribution in [0.1, 0.15) is 37.9 Å². The number of hydrogen-bond donors (Lipinski definition) is 1. The SMILES string of the molecule is Cn1c(C2(CN)CCCCC2)nc2cccnc21. The Morgan fingerprint density at radius 1 is 1.33 bits per heavy atom. The van der Waals surface area contributed by atoms with Gasteiger partial charge in [0.2, 0.25) is 0 Å². The molecule has 0 radical (unpaired) electrons. The summed E-state index contributed by atoms with van der Waals surface area (Å²) in [7, 11) is 2.06. The van der Waals surface area contributed by atoms with Crippen molar-refractivity contribution in [1.82, 2.24) is 14.5 Å². The van der Waals surface area contributed by atoms with E-state index < -0.39 is 0 Å². The van der Waals surface area contributed by atoms with Crippen molar-refractivity contribution in [1.29, 1.82) is 0 Å². The number of pyridine rings is 1. The molecule has 0 unspecified atom stereocenters. The molecule has 0 atom stereocenters. The second kappa shape index (κ2) is 4.35. The van der Waals surface area contributed by atoms with Crippen LogP contribution in [-0.2, 0) is 12.5 Å². The van der Waals surface area contributed by atoms with Crippen LogP contribution in [0.3, 0.4) is 0 Å². The minimum Gasteiger partial charge on any atom is -0.329 e. The molecule has 1 aliphatic rings. The van der Waals surface area contributed by atoms with Crippen LogP contribution >= 0.6 is 0 Å². The molecular weight excluding hydrogens is 224 g/mol. The van der Waals surface area contributed by atoms with Crippen molar-refractivity contribution in [3.8, 4) is 0 Å². The van der Waals surface area contributed by atoms with Crippen molar-refractivity contribution in [2.75, 3.05) is 6.54 Å². The van der Waals surface area contributed by atoms with Gasteiger partial charge in [-0.05, 0) is 25.0 Å². The van der Waals surface area contributed by atoms with Gasteiger partial charge in [0.1, 0.15) is 11.3 Å². The first kappa shape index (κ1) is 11.7. The van der Waals surface area contributed by atoms with E-state index in [9.17, 15) is 0 Å². The van der Waals surface area contributed by atoms with Crippen molar-refractivity contribution in [3.05, 3.63) is 24.2 Å². The van der Waals surface area contributed by atoms with Gasteiger partial charge in [-0.3, -0.25) is 0 Å². The van der Waals surface area contributed by atoms with Gasteiger partial charge in [0, 0.05) is 25.2 Å².